The minimum atomic E-state index is 0.119. The first kappa shape index (κ1) is 20.9. The minimum Gasteiger partial charge on any atom is -0.360 e. The van der Waals surface area contributed by atoms with Crippen molar-refractivity contribution in [3.63, 3.8) is 0 Å². The first-order valence-electron chi connectivity index (χ1n) is 11.0. The van der Waals surface area contributed by atoms with Crippen LogP contribution >= 0.6 is 0 Å². The van der Waals surface area contributed by atoms with Crippen molar-refractivity contribution in [2.75, 3.05) is 33.4 Å². The number of nitrogens with zero attached hydrogens (tertiary/aromatic N) is 7. The van der Waals surface area contributed by atoms with E-state index in [2.05, 4.69) is 44.2 Å². The average molecular weight is 440 g/mol. The van der Waals surface area contributed by atoms with Gasteiger partial charge in [0, 0.05) is 44.4 Å². The Morgan fingerprint density at radius 1 is 1.06 bits per heavy atom. The third-order valence-electron chi connectivity index (χ3n) is 6.02. The second kappa shape index (κ2) is 9.27. The van der Waals surface area contributed by atoms with Gasteiger partial charge in [-0.1, -0.05) is 42.2 Å². The quantitative estimate of drug-likeness (QED) is 0.579. The first-order chi connectivity index (χ1) is 16.2. The van der Waals surface area contributed by atoms with Crippen LogP contribution in [0.15, 0.2) is 72.2 Å². The molecule has 33 heavy (non-hydrogen) atoms. The van der Waals surface area contributed by atoms with Crippen molar-refractivity contribution < 1.29 is 4.79 Å². The predicted molar refractivity (Wildman–Crippen MR) is 124 cm³/mol. The van der Waals surface area contributed by atoms with Gasteiger partial charge in [0.15, 0.2) is 0 Å². The van der Waals surface area contributed by atoms with Crippen LogP contribution in [-0.4, -0.2) is 74.2 Å². The molecule has 166 valence electrons. The summed E-state index contributed by atoms with van der Waals surface area (Å²) in [6, 6.07) is 17.9. The SMILES string of the molecule is CN1CN(Cc2ccc(-n3cnnn3)cc2)C(=O)C2=C1CCN(CC#Cc1ccccc1)C2. The summed E-state index contributed by atoms with van der Waals surface area (Å²) in [6.07, 6.45) is 2.43. The molecule has 0 radical (unpaired) electrons. The second-order valence-corrected chi connectivity index (χ2v) is 8.32. The van der Waals surface area contributed by atoms with E-state index in [1.165, 1.54) is 0 Å². The summed E-state index contributed by atoms with van der Waals surface area (Å²) >= 11 is 0. The third-order valence-corrected chi connectivity index (χ3v) is 6.02. The highest BCUT2D eigenvalue weighted by Crippen LogP contribution is 2.27. The monoisotopic (exact) mass is 439 g/mol. The molecule has 2 aromatic carbocycles. The van der Waals surface area contributed by atoms with Crippen LogP contribution in [0.1, 0.15) is 17.5 Å². The van der Waals surface area contributed by atoms with E-state index in [9.17, 15) is 4.79 Å². The van der Waals surface area contributed by atoms with Crippen molar-refractivity contribution in [3.8, 4) is 17.5 Å². The molecule has 3 heterocycles. The summed E-state index contributed by atoms with van der Waals surface area (Å²) in [5.74, 6) is 6.59. The normalized spacial score (nSPS) is 16.5. The molecule has 0 unspecified atom stereocenters. The Bertz CT molecular complexity index is 1210. The third kappa shape index (κ3) is 4.64. The van der Waals surface area contributed by atoms with Crippen LogP contribution in [0.4, 0.5) is 0 Å². The van der Waals surface area contributed by atoms with Crippen LogP contribution in [0.5, 0.6) is 0 Å². The molecule has 1 aromatic heterocycles. The number of aromatic nitrogens is 4. The molecule has 8 heteroatoms. The molecule has 0 saturated heterocycles. The summed E-state index contributed by atoms with van der Waals surface area (Å²) in [7, 11) is 2.07. The van der Waals surface area contributed by atoms with Gasteiger partial charge in [-0.3, -0.25) is 9.69 Å². The number of rotatable bonds is 4. The fraction of sp³-hybridized carbons (Fsp3) is 0.280. The number of hydrogen-bond donors (Lipinski definition) is 0. The molecule has 0 bridgehead atoms. The highest BCUT2D eigenvalue weighted by Gasteiger charge is 2.33. The second-order valence-electron chi connectivity index (χ2n) is 8.32. The molecule has 1 amide bonds. The molecule has 3 aromatic rings. The van der Waals surface area contributed by atoms with E-state index in [4.69, 9.17) is 0 Å². The van der Waals surface area contributed by atoms with Crippen molar-refractivity contribution in [2.45, 2.75) is 13.0 Å². The Hall–Kier alpha value is -3.96. The number of carbonyl (C=O) groups excluding carboxylic acids is 1. The van der Waals surface area contributed by atoms with Gasteiger partial charge in [-0.05, 0) is 40.3 Å². The molecular weight excluding hydrogens is 414 g/mol. The van der Waals surface area contributed by atoms with E-state index < -0.39 is 0 Å². The van der Waals surface area contributed by atoms with E-state index in [-0.39, 0.29) is 5.91 Å². The van der Waals surface area contributed by atoms with Crippen LogP contribution < -0.4 is 0 Å². The molecule has 0 fully saturated rings. The van der Waals surface area contributed by atoms with Gasteiger partial charge in [0.25, 0.3) is 5.91 Å². The molecule has 0 spiro atoms. The smallest absolute Gasteiger partial charge is 0.254 e. The van der Waals surface area contributed by atoms with Crippen molar-refractivity contribution >= 4 is 5.91 Å². The standard InChI is InChI=1S/C25H25N7O/c1-29-19-31(16-21-9-11-22(12-10-21)32-18-26-27-28-32)25(33)23-17-30(15-13-24(23)29)14-5-8-20-6-3-2-4-7-20/h2-4,6-7,9-12,18H,13-17,19H2,1H3. The predicted octanol–water partition coefficient (Wildman–Crippen LogP) is 1.91. The lowest BCUT2D eigenvalue weighted by Crippen LogP contribution is -2.50. The Balaban J connectivity index is 1.25. The number of carbonyl (C=O) groups is 1. The van der Waals surface area contributed by atoms with E-state index in [1.54, 1.807) is 11.0 Å². The summed E-state index contributed by atoms with van der Waals surface area (Å²) in [6.45, 7) is 3.36. The molecule has 0 atom stereocenters. The average Bonchev–Trinajstić information content (AvgIpc) is 3.39. The van der Waals surface area contributed by atoms with Gasteiger partial charge < -0.3 is 9.80 Å². The first-order valence-corrected chi connectivity index (χ1v) is 11.0. The maximum atomic E-state index is 13.4. The molecule has 2 aliphatic rings. The number of tetrazole rings is 1. The highest BCUT2D eigenvalue weighted by atomic mass is 16.2. The lowest BCUT2D eigenvalue weighted by molar-refractivity contribution is -0.131. The Morgan fingerprint density at radius 3 is 2.64 bits per heavy atom. The van der Waals surface area contributed by atoms with Gasteiger partial charge in [0.05, 0.1) is 24.5 Å². The van der Waals surface area contributed by atoms with Crippen molar-refractivity contribution in [1.82, 2.24) is 34.9 Å². The Kier molecular flexibility index (Phi) is 5.87. The van der Waals surface area contributed by atoms with Crippen LogP contribution in [0, 0.1) is 11.8 Å². The molecule has 2 aliphatic heterocycles. The van der Waals surface area contributed by atoms with E-state index in [1.807, 2.05) is 59.5 Å². The van der Waals surface area contributed by atoms with E-state index >= 15 is 0 Å². The van der Waals surface area contributed by atoms with Crippen LogP contribution in [0.3, 0.4) is 0 Å². The maximum Gasteiger partial charge on any atom is 0.254 e. The van der Waals surface area contributed by atoms with Crippen molar-refractivity contribution in [1.29, 1.82) is 0 Å². The Morgan fingerprint density at radius 2 is 1.88 bits per heavy atom. The number of amides is 1. The van der Waals surface area contributed by atoms with E-state index in [0.29, 0.717) is 26.3 Å². The maximum absolute atomic E-state index is 13.4. The summed E-state index contributed by atoms with van der Waals surface area (Å²) in [5, 5.41) is 11.2. The number of benzene rings is 2. The molecule has 5 rings (SSSR count). The van der Waals surface area contributed by atoms with Gasteiger partial charge in [0.2, 0.25) is 0 Å². The minimum absolute atomic E-state index is 0.119. The highest BCUT2D eigenvalue weighted by molar-refractivity contribution is 5.95. The molecular formula is C25H25N7O. The summed E-state index contributed by atoms with van der Waals surface area (Å²) < 4.78 is 1.61. The van der Waals surface area contributed by atoms with Gasteiger partial charge in [-0.2, -0.15) is 0 Å². The van der Waals surface area contributed by atoms with Crippen molar-refractivity contribution in [3.05, 3.63) is 83.3 Å². The van der Waals surface area contributed by atoms with Crippen molar-refractivity contribution in [2.24, 2.45) is 0 Å². The Labute approximate surface area is 193 Å². The fourth-order valence-electron chi connectivity index (χ4n) is 4.30. The van der Waals surface area contributed by atoms with Crippen LogP contribution in [0.2, 0.25) is 0 Å². The lowest BCUT2D eigenvalue weighted by Gasteiger charge is -2.42. The zero-order chi connectivity index (χ0) is 22.6. The molecule has 0 saturated carbocycles. The van der Waals surface area contributed by atoms with Gasteiger partial charge in [0.1, 0.15) is 6.33 Å². The zero-order valence-electron chi connectivity index (χ0n) is 18.6. The van der Waals surface area contributed by atoms with Gasteiger partial charge >= 0.3 is 0 Å². The lowest BCUT2D eigenvalue weighted by atomic mass is 10.0. The number of hydrogen-bond acceptors (Lipinski definition) is 6. The van der Waals surface area contributed by atoms with Crippen LogP contribution in [0.25, 0.3) is 5.69 Å². The van der Waals surface area contributed by atoms with Gasteiger partial charge in [-0.15, -0.1) is 5.10 Å². The fourth-order valence-corrected chi connectivity index (χ4v) is 4.30. The molecule has 8 nitrogen and oxygen atoms in total. The molecule has 0 N–H and O–H groups in total. The zero-order valence-corrected chi connectivity index (χ0v) is 18.6. The van der Waals surface area contributed by atoms with Gasteiger partial charge in [-0.25, -0.2) is 4.68 Å². The topological polar surface area (TPSA) is 70.4 Å². The van der Waals surface area contributed by atoms with E-state index in [0.717, 1.165) is 41.1 Å². The largest absolute Gasteiger partial charge is 0.360 e. The van der Waals surface area contributed by atoms with Crippen LogP contribution in [-0.2, 0) is 11.3 Å². The summed E-state index contributed by atoms with van der Waals surface area (Å²) in [5.41, 5.74) is 5.02. The molecule has 0 aliphatic carbocycles. The summed E-state index contributed by atoms with van der Waals surface area (Å²) in [4.78, 5) is 19.7.